The van der Waals surface area contributed by atoms with E-state index in [9.17, 15) is 13.2 Å². The van der Waals surface area contributed by atoms with E-state index in [1.165, 1.54) is 18.2 Å². The fourth-order valence-corrected chi connectivity index (χ4v) is 2.32. The van der Waals surface area contributed by atoms with Crippen LogP contribution in [0.4, 0.5) is 13.2 Å². The summed E-state index contributed by atoms with van der Waals surface area (Å²) in [5, 5.41) is 0. The van der Waals surface area contributed by atoms with E-state index in [1.54, 1.807) is 0 Å². The molecule has 0 spiro atoms. The molecule has 0 aliphatic heterocycles. The smallest absolute Gasteiger partial charge is 0.126 e. The highest BCUT2D eigenvalue weighted by molar-refractivity contribution is 9.10. The van der Waals surface area contributed by atoms with Crippen LogP contribution in [0.2, 0.25) is 0 Å². The molecular weight excluding hydrogens is 321 g/mol. The van der Waals surface area contributed by atoms with Crippen molar-refractivity contribution in [3.05, 3.63) is 69.4 Å². The van der Waals surface area contributed by atoms with Crippen molar-refractivity contribution in [2.45, 2.75) is 6.04 Å². The Hall–Kier alpha value is -1.37. The summed E-state index contributed by atoms with van der Waals surface area (Å²) in [5.41, 5.74) is 3.15. The Morgan fingerprint density at radius 2 is 1.58 bits per heavy atom. The lowest BCUT2D eigenvalue weighted by atomic mass is 9.99. The largest absolute Gasteiger partial charge is 0.271 e. The lowest BCUT2D eigenvalue weighted by Crippen LogP contribution is -2.29. The highest BCUT2D eigenvalue weighted by atomic mass is 79.9. The van der Waals surface area contributed by atoms with Crippen molar-refractivity contribution in [2.75, 3.05) is 0 Å². The maximum Gasteiger partial charge on any atom is 0.126 e. The van der Waals surface area contributed by atoms with Gasteiger partial charge in [-0.2, -0.15) is 0 Å². The Morgan fingerprint density at radius 3 is 2.16 bits per heavy atom. The van der Waals surface area contributed by atoms with E-state index in [4.69, 9.17) is 5.84 Å². The number of halogens is 4. The first-order valence-electron chi connectivity index (χ1n) is 5.38. The molecule has 6 heteroatoms. The first-order valence-corrected chi connectivity index (χ1v) is 6.17. The second-order valence-corrected chi connectivity index (χ2v) is 4.82. The van der Waals surface area contributed by atoms with Crippen molar-refractivity contribution in [3.63, 3.8) is 0 Å². The summed E-state index contributed by atoms with van der Waals surface area (Å²) in [6.45, 7) is 0. The molecule has 19 heavy (non-hydrogen) atoms. The third kappa shape index (κ3) is 3.15. The summed E-state index contributed by atoms with van der Waals surface area (Å²) in [7, 11) is 0. The summed E-state index contributed by atoms with van der Waals surface area (Å²) in [6, 6.07) is 6.35. The van der Waals surface area contributed by atoms with E-state index >= 15 is 0 Å². The second-order valence-electron chi connectivity index (χ2n) is 3.97. The number of hydrogen-bond acceptors (Lipinski definition) is 2. The van der Waals surface area contributed by atoms with E-state index in [0.717, 1.165) is 18.2 Å². The lowest BCUT2D eigenvalue weighted by molar-refractivity contribution is 0.563. The molecular formula is C13H10BrF3N2. The van der Waals surface area contributed by atoms with Gasteiger partial charge in [0.15, 0.2) is 0 Å². The van der Waals surface area contributed by atoms with Crippen molar-refractivity contribution >= 4 is 15.9 Å². The molecule has 100 valence electrons. The van der Waals surface area contributed by atoms with Gasteiger partial charge in [0.1, 0.15) is 17.5 Å². The molecule has 0 saturated heterocycles. The summed E-state index contributed by atoms with van der Waals surface area (Å²) >= 11 is 3.26. The minimum atomic E-state index is -0.727. The Kier molecular flexibility index (Phi) is 4.24. The average molecular weight is 331 g/mol. The predicted octanol–water partition coefficient (Wildman–Crippen LogP) is 3.42. The Balaban J connectivity index is 2.52. The van der Waals surface area contributed by atoms with Gasteiger partial charge in [0.2, 0.25) is 0 Å². The van der Waals surface area contributed by atoms with E-state index < -0.39 is 23.5 Å². The molecule has 0 amide bonds. The first-order chi connectivity index (χ1) is 9.01. The van der Waals surface area contributed by atoms with Gasteiger partial charge in [-0.15, -0.1) is 0 Å². The van der Waals surface area contributed by atoms with Crippen molar-refractivity contribution in [1.82, 2.24) is 5.43 Å². The fourth-order valence-electron chi connectivity index (χ4n) is 1.84. The molecule has 0 saturated carbocycles. The minimum Gasteiger partial charge on any atom is -0.271 e. The molecule has 2 rings (SSSR count). The van der Waals surface area contributed by atoms with Crippen molar-refractivity contribution in [3.8, 4) is 0 Å². The molecule has 1 atom stereocenters. The van der Waals surface area contributed by atoms with Gasteiger partial charge in [0.25, 0.3) is 0 Å². The molecule has 0 radical (unpaired) electrons. The van der Waals surface area contributed by atoms with Crippen LogP contribution in [0.15, 0.2) is 40.9 Å². The quantitative estimate of drug-likeness (QED) is 0.668. The average Bonchev–Trinajstić information content (AvgIpc) is 2.33. The van der Waals surface area contributed by atoms with Crippen LogP contribution in [-0.2, 0) is 0 Å². The van der Waals surface area contributed by atoms with Gasteiger partial charge >= 0.3 is 0 Å². The number of hydrazine groups is 1. The predicted molar refractivity (Wildman–Crippen MR) is 69.6 cm³/mol. The van der Waals surface area contributed by atoms with Gasteiger partial charge in [-0.25, -0.2) is 18.6 Å². The maximum atomic E-state index is 13.3. The molecule has 0 heterocycles. The van der Waals surface area contributed by atoms with Gasteiger partial charge in [-0.3, -0.25) is 5.84 Å². The number of hydrogen-bond donors (Lipinski definition) is 2. The van der Waals surface area contributed by atoms with E-state index in [1.807, 2.05) is 0 Å². The van der Waals surface area contributed by atoms with E-state index in [-0.39, 0.29) is 5.56 Å². The Morgan fingerprint density at radius 1 is 0.947 bits per heavy atom. The van der Waals surface area contributed by atoms with Crippen LogP contribution >= 0.6 is 15.9 Å². The highest BCUT2D eigenvalue weighted by Crippen LogP contribution is 2.29. The fraction of sp³-hybridized carbons (Fsp3) is 0.0769. The number of nitrogens with one attached hydrogen (secondary N) is 1. The van der Waals surface area contributed by atoms with Crippen LogP contribution in [0, 0.1) is 17.5 Å². The van der Waals surface area contributed by atoms with Gasteiger partial charge in [-0.05, 0) is 41.5 Å². The van der Waals surface area contributed by atoms with Crippen molar-refractivity contribution < 1.29 is 13.2 Å². The molecule has 2 aromatic rings. The van der Waals surface area contributed by atoms with Gasteiger partial charge < -0.3 is 0 Å². The standard InChI is InChI=1S/C13H10BrF3N2/c14-12-2-1-8(15)6-11(12)13(19-18)7-3-9(16)5-10(17)4-7/h1-6,13,19H,18H2. The SMILES string of the molecule is NNC(c1cc(F)cc(F)c1)c1cc(F)ccc1Br. The van der Waals surface area contributed by atoms with Gasteiger partial charge in [0, 0.05) is 10.5 Å². The molecule has 0 aromatic heterocycles. The minimum absolute atomic E-state index is 0.270. The first kappa shape index (κ1) is 14.0. The molecule has 1 unspecified atom stereocenters. The summed E-state index contributed by atoms with van der Waals surface area (Å²) < 4.78 is 40.3. The molecule has 0 aliphatic carbocycles. The summed E-state index contributed by atoms with van der Waals surface area (Å²) in [5.74, 6) is 3.52. The molecule has 2 aromatic carbocycles. The van der Waals surface area contributed by atoms with Crippen molar-refractivity contribution in [2.24, 2.45) is 5.84 Å². The van der Waals surface area contributed by atoms with Gasteiger partial charge in [0.05, 0.1) is 6.04 Å². The summed E-state index contributed by atoms with van der Waals surface area (Å²) in [4.78, 5) is 0. The van der Waals surface area contributed by atoms with E-state index in [2.05, 4.69) is 21.4 Å². The molecule has 0 fully saturated rings. The monoisotopic (exact) mass is 330 g/mol. The lowest BCUT2D eigenvalue weighted by Gasteiger charge is -2.18. The molecule has 0 bridgehead atoms. The van der Waals surface area contributed by atoms with Crippen LogP contribution in [0.1, 0.15) is 17.2 Å². The number of nitrogens with two attached hydrogens (primary N) is 1. The van der Waals surface area contributed by atoms with Crippen LogP contribution < -0.4 is 11.3 Å². The third-order valence-corrected chi connectivity index (χ3v) is 3.38. The molecule has 2 nitrogen and oxygen atoms in total. The van der Waals surface area contributed by atoms with E-state index in [0.29, 0.717) is 10.0 Å². The summed E-state index contributed by atoms with van der Waals surface area (Å²) in [6.07, 6.45) is 0. The topological polar surface area (TPSA) is 38.0 Å². The molecule has 0 aliphatic rings. The van der Waals surface area contributed by atoms with Crippen molar-refractivity contribution in [1.29, 1.82) is 0 Å². The van der Waals surface area contributed by atoms with Crippen LogP contribution in [0.5, 0.6) is 0 Å². The second kappa shape index (κ2) is 5.73. The highest BCUT2D eigenvalue weighted by Gasteiger charge is 2.17. The van der Waals surface area contributed by atoms with Gasteiger partial charge in [-0.1, -0.05) is 15.9 Å². The normalized spacial score (nSPS) is 12.5. The number of rotatable bonds is 3. The maximum absolute atomic E-state index is 13.3. The van der Waals surface area contributed by atoms with Crippen LogP contribution in [-0.4, -0.2) is 0 Å². The molecule has 3 N–H and O–H groups in total. The zero-order chi connectivity index (χ0) is 14.0. The zero-order valence-corrected chi connectivity index (χ0v) is 11.2. The van der Waals surface area contributed by atoms with Crippen LogP contribution in [0.25, 0.3) is 0 Å². The Labute approximate surface area is 116 Å². The van der Waals surface area contributed by atoms with Crippen LogP contribution in [0.3, 0.4) is 0 Å². The third-order valence-electron chi connectivity index (χ3n) is 2.65. The Bertz CT molecular complexity index is 584. The number of benzene rings is 2. The zero-order valence-electron chi connectivity index (χ0n) is 9.63.